The minimum Gasteiger partial charge on any atom is -0.485 e. The Morgan fingerprint density at radius 2 is 1.95 bits per heavy atom. The van der Waals surface area contributed by atoms with Crippen LogP contribution in [0.25, 0.3) is 0 Å². The third kappa shape index (κ3) is 3.37. The van der Waals surface area contributed by atoms with E-state index in [1.165, 1.54) is 36.4 Å². The lowest BCUT2D eigenvalue weighted by atomic mass is 10.1. The topological polar surface area (TPSA) is 26.3 Å². The molecule has 0 bridgehead atoms. The van der Waals surface area contributed by atoms with E-state index in [0.717, 1.165) is 6.07 Å². The normalized spacial score (nSPS) is 10.3. The number of rotatable bonds is 4. The van der Waals surface area contributed by atoms with Crippen molar-refractivity contribution in [2.75, 3.05) is 6.61 Å². The van der Waals surface area contributed by atoms with Crippen molar-refractivity contribution >= 4 is 5.78 Å². The maximum atomic E-state index is 13.0. The molecule has 0 unspecified atom stereocenters. The quantitative estimate of drug-likeness (QED) is 0.788. The summed E-state index contributed by atoms with van der Waals surface area (Å²) in [5, 5.41) is 0. The Bertz CT molecular complexity index is 609. The fraction of sp³-hybridized carbons (Fsp3) is 0.133. The molecule has 0 spiro atoms. The summed E-state index contributed by atoms with van der Waals surface area (Å²) in [6.07, 6.45) is 0. The number of halogens is 2. The molecule has 0 saturated heterocycles. The minimum absolute atomic E-state index is 0.214. The molecule has 4 heteroatoms. The Labute approximate surface area is 109 Å². The van der Waals surface area contributed by atoms with E-state index in [-0.39, 0.29) is 23.8 Å². The summed E-state index contributed by atoms with van der Waals surface area (Å²) >= 11 is 0. The molecule has 2 aromatic carbocycles. The molecule has 0 aliphatic heterocycles. The van der Waals surface area contributed by atoms with Crippen molar-refractivity contribution in [2.24, 2.45) is 0 Å². The molecular formula is C15H12F2O2. The molecule has 0 aromatic heterocycles. The second-order valence-corrected chi connectivity index (χ2v) is 4.13. The summed E-state index contributed by atoms with van der Waals surface area (Å²) in [6.45, 7) is 1.39. The minimum atomic E-state index is -0.469. The predicted molar refractivity (Wildman–Crippen MR) is 67.4 cm³/mol. The number of carbonyl (C=O) groups excluding carboxylic acids is 1. The number of hydrogen-bond donors (Lipinski definition) is 0. The molecule has 0 atom stereocenters. The van der Waals surface area contributed by atoms with Gasteiger partial charge in [-0.2, -0.15) is 0 Å². The van der Waals surface area contributed by atoms with Gasteiger partial charge in [-0.15, -0.1) is 0 Å². The molecule has 0 fully saturated rings. The van der Waals surface area contributed by atoms with Gasteiger partial charge in [0.1, 0.15) is 17.4 Å². The first-order chi connectivity index (χ1) is 9.06. The van der Waals surface area contributed by atoms with E-state index in [4.69, 9.17) is 4.74 Å². The average molecular weight is 262 g/mol. The molecule has 2 nitrogen and oxygen atoms in total. The fourth-order valence-corrected chi connectivity index (χ4v) is 1.60. The SMILES string of the molecule is Cc1cc(OCC(=O)c2cccc(F)c2)ccc1F. The van der Waals surface area contributed by atoms with E-state index in [2.05, 4.69) is 0 Å². The molecule has 98 valence electrons. The highest BCUT2D eigenvalue weighted by Gasteiger charge is 2.08. The summed E-state index contributed by atoms with van der Waals surface area (Å²) < 4.78 is 31.3. The molecular weight excluding hydrogens is 250 g/mol. The highest BCUT2D eigenvalue weighted by molar-refractivity contribution is 5.97. The molecule has 19 heavy (non-hydrogen) atoms. The van der Waals surface area contributed by atoms with Gasteiger partial charge < -0.3 is 4.74 Å². The van der Waals surface area contributed by atoms with Crippen molar-refractivity contribution in [1.29, 1.82) is 0 Å². The first kappa shape index (κ1) is 13.2. The smallest absolute Gasteiger partial charge is 0.200 e. The third-order valence-corrected chi connectivity index (χ3v) is 2.65. The zero-order valence-electron chi connectivity index (χ0n) is 10.3. The van der Waals surface area contributed by atoms with Crippen LogP contribution in [-0.2, 0) is 0 Å². The van der Waals surface area contributed by atoms with Crippen LogP contribution in [-0.4, -0.2) is 12.4 Å². The molecule has 2 rings (SSSR count). The lowest BCUT2D eigenvalue weighted by Crippen LogP contribution is -2.11. The summed E-state index contributed by atoms with van der Waals surface area (Å²) in [5.74, 6) is -0.725. The van der Waals surface area contributed by atoms with Gasteiger partial charge in [-0.25, -0.2) is 8.78 Å². The van der Waals surface area contributed by atoms with Gasteiger partial charge in [0.05, 0.1) is 0 Å². The van der Waals surface area contributed by atoms with Crippen molar-refractivity contribution in [1.82, 2.24) is 0 Å². The van der Waals surface area contributed by atoms with Crippen molar-refractivity contribution in [2.45, 2.75) is 6.92 Å². The van der Waals surface area contributed by atoms with Crippen molar-refractivity contribution in [3.63, 3.8) is 0 Å². The molecule has 0 radical (unpaired) electrons. The summed E-state index contributed by atoms with van der Waals surface area (Å²) in [5.41, 5.74) is 0.689. The van der Waals surface area contributed by atoms with Crippen LogP contribution in [0.5, 0.6) is 5.75 Å². The molecule has 0 aliphatic carbocycles. The van der Waals surface area contributed by atoms with Crippen molar-refractivity contribution in [3.8, 4) is 5.75 Å². The Balaban J connectivity index is 2.02. The summed E-state index contributed by atoms with van der Waals surface area (Å²) in [6, 6.07) is 9.63. The predicted octanol–water partition coefficient (Wildman–Crippen LogP) is 3.53. The van der Waals surface area contributed by atoms with Crippen molar-refractivity contribution < 1.29 is 18.3 Å². The maximum absolute atomic E-state index is 13.0. The number of Topliss-reactive ketones (excluding diaryl/α,β-unsaturated/α-hetero) is 1. The van der Waals surface area contributed by atoms with Gasteiger partial charge in [0.25, 0.3) is 0 Å². The maximum Gasteiger partial charge on any atom is 0.200 e. The zero-order valence-corrected chi connectivity index (χ0v) is 10.3. The van der Waals surface area contributed by atoms with Crippen molar-refractivity contribution in [3.05, 3.63) is 65.2 Å². The van der Waals surface area contributed by atoms with Gasteiger partial charge in [-0.1, -0.05) is 12.1 Å². The number of aryl methyl sites for hydroxylation is 1. The van der Waals surface area contributed by atoms with Gasteiger partial charge in [0.2, 0.25) is 0 Å². The van der Waals surface area contributed by atoms with Gasteiger partial charge >= 0.3 is 0 Å². The van der Waals surface area contributed by atoms with E-state index in [1.807, 2.05) is 0 Å². The molecule has 0 heterocycles. The van der Waals surface area contributed by atoms with Gasteiger partial charge in [-0.3, -0.25) is 4.79 Å². The van der Waals surface area contributed by atoms with E-state index < -0.39 is 5.82 Å². The Kier molecular flexibility index (Phi) is 3.90. The lowest BCUT2D eigenvalue weighted by Gasteiger charge is -2.07. The first-order valence-corrected chi connectivity index (χ1v) is 5.74. The first-order valence-electron chi connectivity index (χ1n) is 5.74. The Hall–Kier alpha value is -2.23. The highest BCUT2D eigenvalue weighted by atomic mass is 19.1. The highest BCUT2D eigenvalue weighted by Crippen LogP contribution is 2.16. The van der Waals surface area contributed by atoms with Gasteiger partial charge in [0, 0.05) is 5.56 Å². The Morgan fingerprint density at radius 3 is 2.63 bits per heavy atom. The third-order valence-electron chi connectivity index (χ3n) is 2.65. The summed E-state index contributed by atoms with van der Waals surface area (Å²) in [7, 11) is 0. The Morgan fingerprint density at radius 1 is 1.16 bits per heavy atom. The zero-order chi connectivity index (χ0) is 13.8. The number of ketones is 1. The van der Waals surface area contributed by atoms with Gasteiger partial charge in [0.15, 0.2) is 12.4 Å². The largest absolute Gasteiger partial charge is 0.485 e. The van der Waals surface area contributed by atoms with Crippen LogP contribution in [0.3, 0.4) is 0 Å². The molecule has 0 amide bonds. The monoisotopic (exact) mass is 262 g/mol. The number of benzene rings is 2. The fourth-order valence-electron chi connectivity index (χ4n) is 1.60. The van der Waals surface area contributed by atoms with Crippen LogP contribution in [0.1, 0.15) is 15.9 Å². The van der Waals surface area contributed by atoms with E-state index in [0.29, 0.717) is 11.3 Å². The van der Waals surface area contributed by atoms with E-state index >= 15 is 0 Å². The number of ether oxygens (including phenoxy) is 1. The van der Waals surface area contributed by atoms with Crippen LogP contribution in [0, 0.1) is 18.6 Å². The summed E-state index contributed by atoms with van der Waals surface area (Å²) in [4.78, 5) is 11.8. The second-order valence-electron chi connectivity index (χ2n) is 4.13. The second kappa shape index (κ2) is 5.61. The molecule has 0 saturated carbocycles. The lowest BCUT2D eigenvalue weighted by molar-refractivity contribution is 0.0921. The van der Waals surface area contributed by atoms with E-state index in [9.17, 15) is 13.6 Å². The molecule has 2 aromatic rings. The number of hydrogen-bond acceptors (Lipinski definition) is 2. The average Bonchev–Trinajstić information content (AvgIpc) is 2.40. The van der Waals surface area contributed by atoms with Crippen LogP contribution in [0.4, 0.5) is 8.78 Å². The van der Waals surface area contributed by atoms with Crippen LogP contribution >= 0.6 is 0 Å². The number of carbonyl (C=O) groups is 1. The van der Waals surface area contributed by atoms with Crippen LogP contribution < -0.4 is 4.74 Å². The van der Waals surface area contributed by atoms with Crippen LogP contribution in [0.15, 0.2) is 42.5 Å². The van der Waals surface area contributed by atoms with E-state index in [1.54, 1.807) is 6.92 Å². The van der Waals surface area contributed by atoms with Gasteiger partial charge in [-0.05, 0) is 42.8 Å². The van der Waals surface area contributed by atoms with Crippen LogP contribution in [0.2, 0.25) is 0 Å². The molecule has 0 aliphatic rings. The standard InChI is InChI=1S/C15H12F2O2/c1-10-7-13(5-6-14(10)17)19-9-15(18)11-3-2-4-12(16)8-11/h2-8H,9H2,1H3. The molecule has 0 N–H and O–H groups in total.